The van der Waals surface area contributed by atoms with Crippen molar-refractivity contribution in [2.75, 3.05) is 13.1 Å². The number of nitrogens with zero attached hydrogens (tertiary/aromatic N) is 5. The van der Waals surface area contributed by atoms with E-state index in [-0.39, 0.29) is 0 Å². The zero-order valence-electron chi connectivity index (χ0n) is 10.2. The smallest absolute Gasteiger partial charge is 0.165 e. The van der Waals surface area contributed by atoms with Crippen LogP contribution in [0.1, 0.15) is 44.5 Å². The van der Waals surface area contributed by atoms with Crippen LogP contribution in [0.4, 0.5) is 0 Å². The lowest BCUT2D eigenvalue weighted by Crippen LogP contribution is -2.45. The number of aliphatic hydroxyl groups is 1. The molecule has 17 heavy (non-hydrogen) atoms. The second-order valence-corrected chi connectivity index (χ2v) is 5.58. The molecule has 2 aliphatic rings. The molecular weight excluding hydrogens is 218 g/mol. The highest BCUT2D eigenvalue weighted by Crippen LogP contribution is 2.34. The molecule has 2 fully saturated rings. The fourth-order valence-corrected chi connectivity index (χ4v) is 2.58. The van der Waals surface area contributed by atoms with Gasteiger partial charge in [-0.2, -0.15) is 0 Å². The third-order valence-corrected chi connectivity index (χ3v) is 3.57. The van der Waals surface area contributed by atoms with Gasteiger partial charge in [0, 0.05) is 6.54 Å². The van der Waals surface area contributed by atoms with Crippen molar-refractivity contribution in [1.82, 2.24) is 25.1 Å². The van der Waals surface area contributed by atoms with Gasteiger partial charge in [-0.3, -0.25) is 4.90 Å². The molecule has 3 rings (SSSR count). The standard InChI is InChI=1S/C11H19N5O/c1-11(17)5-2-6-15(8-11)7-10-12-13-14-16(10)9-3-4-9/h9,17H,2-8H2,1H3. The Morgan fingerprint density at radius 2 is 2.29 bits per heavy atom. The van der Waals surface area contributed by atoms with Crippen molar-refractivity contribution in [2.45, 2.75) is 50.8 Å². The van der Waals surface area contributed by atoms with E-state index in [4.69, 9.17) is 0 Å². The van der Waals surface area contributed by atoms with Crippen LogP contribution in [0, 0.1) is 0 Å². The summed E-state index contributed by atoms with van der Waals surface area (Å²) in [7, 11) is 0. The number of tetrazole rings is 1. The zero-order chi connectivity index (χ0) is 11.9. The first-order valence-electron chi connectivity index (χ1n) is 6.35. The topological polar surface area (TPSA) is 67.1 Å². The van der Waals surface area contributed by atoms with Gasteiger partial charge in [0.25, 0.3) is 0 Å². The van der Waals surface area contributed by atoms with Gasteiger partial charge in [-0.15, -0.1) is 5.10 Å². The maximum atomic E-state index is 10.1. The fourth-order valence-electron chi connectivity index (χ4n) is 2.58. The number of aromatic nitrogens is 4. The molecule has 94 valence electrons. The second-order valence-electron chi connectivity index (χ2n) is 5.58. The summed E-state index contributed by atoms with van der Waals surface area (Å²) in [5.74, 6) is 0.935. The second kappa shape index (κ2) is 4.03. The Morgan fingerprint density at radius 1 is 1.47 bits per heavy atom. The SMILES string of the molecule is CC1(O)CCCN(Cc2nnnn2C2CC2)C1. The van der Waals surface area contributed by atoms with Crippen LogP contribution >= 0.6 is 0 Å². The minimum atomic E-state index is -0.559. The molecule has 1 saturated heterocycles. The zero-order valence-corrected chi connectivity index (χ0v) is 10.2. The number of hydrogen-bond donors (Lipinski definition) is 1. The highest BCUT2D eigenvalue weighted by molar-refractivity contribution is 4.92. The van der Waals surface area contributed by atoms with E-state index >= 15 is 0 Å². The van der Waals surface area contributed by atoms with Crippen LogP contribution in [0.2, 0.25) is 0 Å². The summed E-state index contributed by atoms with van der Waals surface area (Å²) < 4.78 is 1.95. The van der Waals surface area contributed by atoms with Crippen molar-refractivity contribution in [2.24, 2.45) is 0 Å². The average Bonchev–Trinajstić information content (AvgIpc) is 2.99. The van der Waals surface area contributed by atoms with Crippen LogP contribution in [-0.4, -0.2) is 48.9 Å². The molecule has 2 heterocycles. The van der Waals surface area contributed by atoms with Crippen molar-refractivity contribution in [3.63, 3.8) is 0 Å². The van der Waals surface area contributed by atoms with Crippen LogP contribution in [0.3, 0.4) is 0 Å². The van der Waals surface area contributed by atoms with Gasteiger partial charge in [-0.1, -0.05) is 0 Å². The molecular formula is C11H19N5O. The van der Waals surface area contributed by atoms with Gasteiger partial charge in [-0.25, -0.2) is 4.68 Å². The first-order valence-corrected chi connectivity index (χ1v) is 6.35. The van der Waals surface area contributed by atoms with Gasteiger partial charge in [0.05, 0.1) is 18.2 Å². The Kier molecular flexibility index (Phi) is 2.63. The van der Waals surface area contributed by atoms with Crippen molar-refractivity contribution in [3.05, 3.63) is 5.82 Å². The van der Waals surface area contributed by atoms with Crippen LogP contribution < -0.4 is 0 Å². The Balaban J connectivity index is 1.67. The molecule has 0 spiro atoms. The highest BCUT2D eigenvalue weighted by Gasteiger charge is 2.31. The number of β-amino-alcohol motifs (C(OH)–C–C–N with tert-alkyl or cyclic N) is 1. The lowest BCUT2D eigenvalue weighted by atomic mass is 9.95. The molecule has 6 heteroatoms. The molecule has 0 bridgehead atoms. The Morgan fingerprint density at radius 3 is 3.00 bits per heavy atom. The summed E-state index contributed by atoms with van der Waals surface area (Å²) in [6, 6.07) is 0.519. The lowest BCUT2D eigenvalue weighted by Gasteiger charge is -2.36. The fraction of sp³-hybridized carbons (Fsp3) is 0.909. The Labute approximate surface area is 101 Å². The number of likely N-dealkylation sites (tertiary alicyclic amines) is 1. The van der Waals surface area contributed by atoms with Crippen LogP contribution in [-0.2, 0) is 6.54 Å². The average molecular weight is 237 g/mol. The maximum absolute atomic E-state index is 10.1. The molecule has 1 aliphatic carbocycles. The molecule has 0 aromatic carbocycles. The van der Waals surface area contributed by atoms with Crippen molar-refractivity contribution < 1.29 is 5.11 Å². The van der Waals surface area contributed by atoms with E-state index in [1.165, 1.54) is 12.8 Å². The molecule has 1 unspecified atom stereocenters. The van der Waals surface area contributed by atoms with Gasteiger partial charge in [0.2, 0.25) is 0 Å². The molecule has 1 aromatic heterocycles. The molecule has 1 aromatic rings. The van der Waals surface area contributed by atoms with Gasteiger partial charge in [-0.05, 0) is 49.6 Å². The first-order chi connectivity index (χ1) is 8.14. The number of piperidine rings is 1. The Hall–Kier alpha value is -1.01. The lowest BCUT2D eigenvalue weighted by molar-refractivity contribution is -0.0192. The van der Waals surface area contributed by atoms with Crippen molar-refractivity contribution >= 4 is 0 Å². The van der Waals surface area contributed by atoms with E-state index in [0.717, 1.165) is 31.8 Å². The monoisotopic (exact) mass is 237 g/mol. The van der Waals surface area contributed by atoms with Crippen LogP contribution in [0.5, 0.6) is 0 Å². The third-order valence-electron chi connectivity index (χ3n) is 3.57. The molecule has 0 amide bonds. The third kappa shape index (κ3) is 2.47. The van der Waals surface area contributed by atoms with Gasteiger partial charge in [0.1, 0.15) is 0 Å². The molecule has 0 radical (unpaired) electrons. The van der Waals surface area contributed by atoms with Crippen molar-refractivity contribution in [1.29, 1.82) is 0 Å². The van der Waals surface area contributed by atoms with E-state index in [1.54, 1.807) is 0 Å². The number of rotatable bonds is 3. The van der Waals surface area contributed by atoms with Gasteiger partial charge >= 0.3 is 0 Å². The molecule has 1 N–H and O–H groups in total. The molecule has 1 saturated carbocycles. The maximum Gasteiger partial charge on any atom is 0.165 e. The predicted molar refractivity (Wildman–Crippen MR) is 61.2 cm³/mol. The van der Waals surface area contributed by atoms with Gasteiger partial charge in [0.15, 0.2) is 5.82 Å². The quantitative estimate of drug-likeness (QED) is 0.822. The normalized spacial score (nSPS) is 30.7. The minimum Gasteiger partial charge on any atom is -0.389 e. The van der Waals surface area contributed by atoms with E-state index in [2.05, 4.69) is 20.4 Å². The minimum absolute atomic E-state index is 0.519. The molecule has 6 nitrogen and oxygen atoms in total. The van der Waals surface area contributed by atoms with Gasteiger partial charge < -0.3 is 5.11 Å². The number of hydrogen-bond acceptors (Lipinski definition) is 5. The van der Waals surface area contributed by atoms with E-state index in [9.17, 15) is 5.11 Å². The summed E-state index contributed by atoms with van der Waals surface area (Å²) in [5, 5.41) is 22.0. The van der Waals surface area contributed by atoms with Crippen LogP contribution in [0.15, 0.2) is 0 Å². The molecule has 1 aliphatic heterocycles. The van der Waals surface area contributed by atoms with E-state index in [0.29, 0.717) is 12.6 Å². The van der Waals surface area contributed by atoms with Crippen LogP contribution in [0.25, 0.3) is 0 Å². The summed E-state index contributed by atoms with van der Waals surface area (Å²) in [4.78, 5) is 2.24. The predicted octanol–water partition coefficient (Wildman–Crippen LogP) is 0.355. The van der Waals surface area contributed by atoms with E-state index < -0.39 is 5.60 Å². The van der Waals surface area contributed by atoms with Crippen molar-refractivity contribution in [3.8, 4) is 0 Å². The summed E-state index contributed by atoms with van der Waals surface area (Å²) in [6.07, 6.45) is 4.31. The van der Waals surface area contributed by atoms with E-state index in [1.807, 2.05) is 11.6 Å². The summed E-state index contributed by atoms with van der Waals surface area (Å²) in [5.41, 5.74) is -0.559. The molecule has 1 atom stereocenters. The summed E-state index contributed by atoms with van der Waals surface area (Å²) in [6.45, 7) is 4.39. The largest absolute Gasteiger partial charge is 0.389 e. The summed E-state index contributed by atoms with van der Waals surface area (Å²) >= 11 is 0. The highest BCUT2D eigenvalue weighted by atomic mass is 16.3. The first kappa shape index (κ1) is 11.1. The Bertz CT molecular complexity index is 398.